The molecule has 166 valence electrons. The lowest BCUT2D eigenvalue weighted by atomic mass is 10.1. The van der Waals surface area contributed by atoms with Gasteiger partial charge in [0.25, 0.3) is 0 Å². The Bertz CT molecular complexity index is 902. The molecule has 2 fully saturated rings. The van der Waals surface area contributed by atoms with Gasteiger partial charge in [0.15, 0.2) is 5.82 Å². The zero-order valence-electron chi connectivity index (χ0n) is 18.0. The van der Waals surface area contributed by atoms with Gasteiger partial charge in [-0.1, -0.05) is 23.7 Å². The maximum absolute atomic E-state index is 11.2. The first-order chi connectivity index (χ1) is 15.0. The number of aromatic nitrogens is 2. The van der Waals surface area contributed by atoms with E-state index in [0.717, 1.165) is 37.1 Å². The number of amides is 1. The molecule has 2 atom stereocenters. The predicted molar refractivity (Wildman–Crippen MR) is 120 cm³/mol. The molecule has 2 heterocycles. The number of hydrogen-bond donors (Lipinski definition) is 1. The first kappa shape index (κ1) is 21.7. The van der Waals surface area contributed by atoms with Gasteiger partial charge < -0.3 is 19.7 Å². The fourth-order valence-corrected chi connectivity index (χ4v) is 4.51. The number of anilines is 1. The highest BCUT2D eigenvalue weighted by Gasteiger charge is 2.28. The molecule has 31 heavy (non-hydrogen) atoms. The molecule has 0 spiro atoms. The van der Waals surface area contributed by atoms with Crippen LogP contribution in [0.5, 0.6) is 11.6 Å². The normalized spacial score (nSPS) is 20.0. The fourth-order valence-electron chi connectivity index (χ4n) is 4.24. The molecule has 8 heteroatoms. The van der Waals surface area contributed by atoms with E-state index in [1.165, 1.54) is 26.1 Å². The molecular formula is C23H29ClN4O3. The molecule has 4 rings (SSSR count). The number of halogens is 1. The molecule has 1 aromatic carbocycles. The molecule has 0 bridgehead atoms. The largest absolute Gasteiger partial charge is 0.489 e. The van der Waals surface area contributed by atoms with E-state index in [-0.39, 0.29) is 24.2 Å². The van der Waals surface area contributed by atoms with Crippen molar-refractivity contribution in [3.05, 3.63) is 41.2 Å². The summed E-state index contributed by atoms with van der Waals surface area (Å²) in [7, 11) is 0. The number of rotatable bonds is 7. The molecule has 1 amide bonds. The molecule has 2 aromatic rings. The average molecular weight is 445 g/mol. The summed E-state index contributed by atoms with van der Waals surface area (Å²) in [5, 5.41) is 3.36. The smallest absolute Gasteiger partial charge is 0.238 e. The highest BCUT2D eigenvalue weighted by Crippen LogP contribution is 2.35. The van der Waals surface area contributed by atoms with Crippen molar-refractivity contribution in [3.8, 4) is 11.6 Å². The van der Waals surface area contributed by atoms with E-state index in [0.29, 0.717) is 23.3 Å². The number of ether oxygens (including phenoxy) is 2. The van der Waals surface area contributed by atoms with Gasteiger partial charge in [0.1, 0.15) is 29.3 Å². The van der Waals surface area contributed by atoms with Crippen LogP contribution in [0.1, 0.15) is 57.6 Å². The van der Waals surface area contributed by atoms with Crippen molar-refractivity contribution in [2.24, 2.45) is 0 Å². The topological polar surface area (TPSA) is 76.6 Å². The van der Waals surface area contributed by atoms with Gasteiger partial charge in [-0.05, 0) is 50.3 Å². The van der Waals surface area contributed by atoms with E-state index in [2.05, 4.69) is 20.2 Å². The lowest BCUT2D eigenvalue weighted by Gasteiger charge is -2.21. The Morgan fingerprint density at radius 2 is 1.87 bits per heavy atom. The summed E-state index contributed by atoms with van der Waals surface area (Å²) < 4.78 is 12.2. The minimum absolute atomic E-state index is 0.0333. The molecular weight excluding hydrogens is 416 g/mol. The maximum Gasteiger partial charge on any atom is 0.238 e. The number of carbonyl (C=O) groups excluding carboxylic acids is 1. The van der Waals surface area contributed by atoms with Crippen LogP contribution in [0.3, 0.4) is 0 Å². The van der Waals surface area contributed by atoms with Crippen LogP contribution in [0.4, 0.5) is 5.82 Å². The minimum atomic E-state index is -0.0425. The molecule has 0 unspecified atom stereocenters. The zero-order valence-corrected chi connectivity index (χ0v) is 18.8. The third-order valence-corrected chi connectivity index (χ3v) is 6.20. The summed E-state index contributed by atoms with van der Waals surface area (Å²) in [5.41, 5.74) is 1.04. The van der Waals surface area contributed by atoms with Crippen molar-refractivity contribution >= 4 is 23.3 Å². The van der Waals surface area contributed by atoms with E-state index in [1.54, 1.807) is 0 Å². The molecule has 1 aliphatic heterocycles. The van der Waals surface area contributed by atoms with Crippen molar-refractivity contribution < 1.29 is 14.3 Å². The van der Waals surface area contributed by atoms with E-state index >= 15 is 0 Å². The summed E-state index contributed by atoms with van der Waals surface area (Å²) in [4.78, 5) is 22.0. The number of nitrogens with one attached hydrogen (secondary N) is 1. The average Bonchev–Trinajstić information content (AvgIpc) is 3.42. The van der Waals surface area contributed by atoms with Gasteiger partial charge in [-0.2, -0.15) is 0 Å². The zero-order chi connectivity index (χ0) is 21.8. The van der Waals surface area contributed by atoms with Gasteiger partial charge in [-0.3, -0.25) is 4.79 Å². The predicted octanol–water partition coefficient (Wildman–Crippen LogP) is 4.31. The van der Waals surface area contributed by atoms with Crippen LogP contribution in [0, 0.1) is 0 Å². The van der Waals surface area contributed by atoms with Gasteiger partial charge in [0.05, 0.1) is 12.6 Å². The van der Waals surface area contributed by atoms with Crippen LogP contribution in [0.2, 0.25) is 5.02 Å². The van der Waals surface area contributed by atoms with E-state index < -0.39 is 0 Å². The van der Waals surface area contributed by atoms with Crippen LogP contribution in [0.25, 0.3) is 0 Å². The maximum atomic E-state index is 11.2. The van der Waals surface area contributed by atoms with Crippen LogP contribution >= 0.6 is 11.6 Å². The highest BCUT2D eigenvalue weighted by atomic mass is 35.5. The Kier molecular flexibility index (Phi) is 6.80. The Balaban J connectivity index is 1.36. The van der Waals surface area contributed by atoms with Crippen LogP contribution in [-0.2, 0) is 4.79 Å². The summed E-state index contributed by atoms with van der Waals surface area (Å²) in [6.45, 7) is 4.99. The second kappa shape index (κ2) is 9.73. The lowest BCUT2D eigenvalue weighted by molar-refractivity contribution is -0.119. The van der Waals surface area contributed by atoms with Gasteiger partial charge in [-0.25, -0.2) is 9.97 Å². The standard InChI is InChI=1S/C23H29ClN4O3/c1-15(27-16(2)29)17-7-9-19(10-8-17)30-20-11-12-28(13-20)22-21(24)23(26-14-25-22)31-18-5-3-4-6-18/h7-10,14-15,18,20H,3-6,11-13H2,1-2H3,(H,27,29)/t15-,20+/m0/s1. The molecule has 0 radical (unpaired) electrons. The molecule has 1 saturated carbocycles. The Hall–Kier alpha value is -2.54. The van der Waals surface area contributed by atoms with Crippen molar-refractivity contribution in [1.82, 2.24) is 15.3 Å². The van der Waals surface area contributed by atoms with Gasteiger partial charge >= 0.3 is 0 Å². The van der Waals surface area contributed by atoms with Crippen molar-refractivity contribution in [2.45, 2.75) is 64.2 Å². The summed E-state index contributed by atoms with van der Waals surface area (Å²) >= 11 is 6.60. The van der Waals surface area contributed by atoms with Gasteiger partial charge in [-0.15, -0.1) is 0 Å². The highest BCUT2D eigenvalue weighted by molar-refractivity contribution is 6.34. The number of benzene rings is 1. The van der Waals surface area contributed by atoms with Crippen molar-refractivity contribution in [1.29, 1.82) is 0 Å². The summed E-state index contributed by atoms with van der Waals surface area (Å²) in [6.07, 6.45) is 7.14. The first-order valence-electron chi connectivity index (χ1n) is 11.0. The summed E-state index contributed by atoms with van der Waals surface area (Å²) in [6, 6.07) is 7.82. The van der Waals surface area contributed by atoms with Gasteiger partial charge in [0.2, 0.25) is 11.8 Å². The second-order valence-electron chi connectivity index (χ2n) is 8.31. The van der Waals surface area contributed by atoms with Crippen LogP contribution in [-0.4, -0.2) is 41.2 Å². The third-order valence-electron chi connectivity index (χ3n) is 5.87. The van der Waals surface area contributed by atoms with Crippen molar-refractivity contribution in [2.75, 3.05) is 18.0 Å². The molecule has 1 saturated heterocycles. The Labute approximate surface area is 188 Å². The molecule has 7 nitrogen and oxygen atoms in total. The number of nitrogens with zero attached hydrogens (tertiary/aromatic N) is 3. The van der Waals surface area contributed by atoms with Crippen LogP contribution in [0.15, 0.2) is 30.6 Å². The van der Waals surface area contributed by atoms with E-state index in [9.17, 15) is 4.79 Å². The number of carbonyl (C=O) groups is 1. The van der Waals surface area contributed by atoms with E-state index in [1.807, 2.05) is 31.2 Å². The van der Waals surface area contributed by atoms with Crippen LogP contribution < -0.4 is 19.7 Å². The monoisotopic (exact) mass is 444 g/mol. The second-order valence-corrected chi connectivity index (χ2v) is 8.68. The molecule has 1 N–H and O–H groups in total. The quantitative estimate of drug-likeness (QED) is 0.685. The summed E-state index contributed by atoms with van der Waals surface area (Å²) in [5.74, 6) is 1.95. The molecule has 2 aliphatic rings. The number of hydrogen-bond acceptors (Lipinski definition) is 6. The molecule has 1 aromatic heterocycles. The van der Waals surface area contributed by atoms with Gasteiger partial charge in [0, 0.05) is 19.9 Å². The lowest BCUT2D eigenvalue weighted by Crippen LogP contribution is -2.26. The Morgan fingerprint density at radius 1 is 1.13 bits per heavy atom. The first-order valence-corrected chi connectivity index (χ1v) is 11.3. The Morgan fingerprint density at radius 3 is 2.58 bits per heavy atom. The van der Waals surface area contributed by atoms with E-state index in [4.69, 9.17) is 21.1 Å². The molecule has 1 aliphatic carbocycles. The fraction of sp³-hybridized carbons (Fsp3) is 0.522. The minimum Gasteiger partial charge on any atom is -0.489 e. The SMILES string of the molecule is CC(=O)N[C@@H](C)c1ccc(O[C@@H]2CCN(c3ncnc(OC4CCCC4)c3Cl)C2)cc1. The van der Waals surface area contributed by atoms with Crippen molar-refractivity contribution in [3.63, 3.8) is 0 Å². The third kappa shape index (κ3) is 5.39.